The third kappa shape index (κ3) is 2.10. The molecule has 0 saturated heterocycles. The molecule has 0 radical (unpaired) electrons. The molecule has 3 heteroatoms. The number of carbonyl (C=O) groups excluding carboxylic acids is 1. The summed E-state index contributed by atoms with van der Waals surface area (Å²) in [6, 6.07) is 9.68. The van der Waals surface area contributed by atoms with E-state index < -0.39 is 0 Å². The molecule has 3 nitrogen and oxygen atoms in total. The Morgan fingerprint density at radius 1 is 1.05 bits per heavy atom. The quantitative estimate of drug-likeness (QED) is 0.756. The first-order chi connectivity index (χ1) is 10.8. The van der Waals surface area contributed by atoms with Crippen molar-refractivity contribution in [1.29, 1.82) is 0 Å². The summed E-state index contributed by atoms with van der Waals surface area (Å²) in [5.41, 5.74) is 2.06. The van der Waals surface area contributed by atoms with E-state index in [0.29, 0.717) is 5.92 Å². The Morgan fingerprint density at radius 3 is 2.59 bits per heavy atom. The maximum Gasteiger partial charge on any atom is 0.274 e. The molecule has 1 unspecified atom stereocenters. The number of hydrogen-bond acceptors (Lipinski definition) is 2. The van der Waals surface area contributed by atoms with Crippen LogP contribution < -0.4 is 0 Å². The summed E-state index contributed by atoms with van der Waals surface area (Å²) in [4.78, 5) is 13.1. The maximum absolute atomic E-state index is 13.1. The Kier molecular flexibility index (Phi) is 3.51. The molecule has 3 aliphatic rings. The number of benzene rings is 1. The van der Waals surface area contributed by atoms with Gasteiger partial charge in [0.05, 0.1) is 5.54 Å². The molecule has 1 aliphatic heterocycles. The van der Waals surface area contributed by atoms with Gasteiger partial charge in [-0.3, -0.25) is 4.79 Å². The van der Waals surface area contributed by atoms with E-state index in [0.717, 1.165) is 24.8 Å². The zero-order valence-electron chi connectivity index (χ0n) is 13.1. The minimum atomic E-state index is -0.0130. The van der Waals surface area contributed by atoms with Gasteiger partial charge in [-0.25, -0.2) is 5.01 Å². The number of amides is 1. The molecule has 116 valence electrons. The molecule has 0 aromatic heterocycles. The molecule has 1 spiro atoms. The van der Waals surface area contributed by atoms with E-state index in [1.807, 2.05) is 35.3 Å². The van der Waals surface area contributed by atoms with E-state index in [9.17, 15) is 4.79 Å². The van der Waals surface area contributed by atoms with E-state index in [1.54, 1.807) is 0 Å². The third-order valence-corrected chi connectivity index (χ3v) is 5.81. The van der Waals surface area contributed by atoms with Gasteiger partial charge in [-0.1, -0.05) is 43.9 Å². The molecule has 22 heavy (non-hydrogen) atoms. The lowest BCUT2D eigenvalue weighted by Gasteiger charge is -2.44. The second kappa shape index (κ2) is 5.53. The number of fused-ring (bicyclic) bond motifs is 2. The standard InChI is InChI=1S/C19H24N2O/c22-18(15-9-3-1-4-10-15)21-19(13-7-2-8-14-19)16-11-5-6-12-17(16)20-21/h1,3-4,9-10,16H,2,5-8,11-14H2. The minimum absolute atomic E-state index is 0.0130. The Morgan fingerprint density at radius 2 is 1.82 bits per heavy atom. The fourth-order valence-corrected chi connectivity index (χ4v) is 4.74. The van der Waals surface area contributed by atoms with Crippen LogP contribution in [0, 0.1) is 5.92 Å². The summed E-state index contributed by atoms with van der Waals surface area (Å²) >= 11 is 0. The van der Waals surface area contributed by atoms with Crippen molar-refractivity contribution in [2.24, 2.45) is 11.0 Å². The Labute approximate surface area is 132 Å². The molecule has 1 atom stereocenters. The van der Waals surface area contributed by atoms with Crippen molar-refractivity contribution >= 4 is 11.6 Å². The topological polar surface area (TPSA) is 32.7 Å². The lowest BCUT2D eigenvalue weighted by atomic mass is 9.67. The molecule has 1 heterocycles. The second-order valence-electron chi connectivity index (χ2n) is 7.04. The summed E-state index contributed by atoms with van der Waals surface area (Å²) in [5, 5.41) is 6.77. The van der Waals surface area contributed by atoms with Crippen LogP contribution in [0.15, 0.2) is 35.4 Å². The molecule has 1 aromatic rings. The van der Waals surface area contributed by atoms with Crippen molar-refractivity contribution in [3.05, 3.63) is 35.9 Å². The third-order valence-electron chi connectivity index (χ3n) is 5.81. The van der Waals surface area contributed by atoms with Gasteiger partial charge in [0.1, 0.15) is 0 Å². The van der Waals surface area contributed by atoms with Crippen LogP contribution in [0.2, 0.25) is 0 Å². The molecule has 4 rings (SSSR count). The predicted molar refractivity (Wildman–Crippen MR) is 87.8 cm³/mol. The minimum Gasteiger partial charge on any atom is -0.267 e. The van der Waals surface area contributed by atoms with E-state index in [-0.39, 0.29) is 11.4 Å². The molecular weight excluding hydrogens is 272 g/mol. The van der Waals surface area contributed by atoms with Gasteiger partial charge < -0.3 is 0 Å². The number of nitrogens with zero attached hydrogens (tertiary/aromatic N) is 2. The highest BCUT2D eigenvalue weighted by molar-refractivity contribution is 5.99. The van der Waals surface area contributed by atoms with Crippen molar-refractivity contribution < 1.29 is 4.79 Å². The molecular formula is C19H24N2O. The lowest BCUT2D eigenvalue weighted by Crippen LogP contribution is -2.52. The highest BCUT2D eigenvalue weighted by Crippen LogP contribution is 2.49. The van der Waals surface area contributed by atoms with Crippen LogP contribution in [0.3, 0.4) is 0 Å². The predicted octanol–water partition coefficient (Wildman–Crippen LogP) is 4.39. The molecule has 2 aliphatic carbocycles. The first-order valence-electron chi connectivity index (χ1n) is 8.78. The van der Waals surface area contributed by atoms with Crippen LogP contribution in [0.1, 0.15) is 68.1 Å². The molecule has 1 aromatic carbocycles. The highest BCUT2D eigenvalue weighted by Gasteiger charge is 2.53. The van der Waals surface area contributed by atoms with Gasteiger partial charge in [-0.2, -0.15) is 5.10 Å². The second-order valence-corrected chi connectivity index (χ2v) is 7.04. The monoisotopic (exact) mass is 296 g/mol. The van der Waals surface area contributed by atoms with Gasteiger partial charge in [0.15, 0.2) is 0 Å². The number of hydrogen-bond donors (Lipinski definition) is 0. The molecule has 0 bridgehead atoms. The average molecular weight is 296 g/mol. The zero-order valence-corrected chi connectivity index (χ0v) is 13.1. The Hall–Kier alpha value is -1.64. The summed E-state index contributed by atoms with van der Waals surface area (Å²) in [6.07, 6.45) is 10.9. The van der Waals surface area contributed by atoms with Gasteiger partial charge in [-0.15, -0.1) is 0 Å². The van der Waals surface area contributed by atoms with Gasteiger partial charge in [-0.05, 0) is 44.2 Å². The van der Waals surface area contributed by atoms with Crippen molar-refractivity contribution in [1.82, 2.24) is 5.01 Å². The number of carbonyl (C=O) groups is 1. The largest absolute Gasteiger partial charge is 0.274 e. The fourth-order valence-electron chi connectivity index (χ4n) is 4.74. The van der Waals surface area contributed by atoms with Gasteiger partial charge in [0.25, 0.3) is 5.91 Å². The van der Waals surface area contributed by atoms with E-state index in [1.165, 1.54) is 44.2 Å². The number of hydrazone groups is 1. The SMILES string of the molecule is O=C(c1ccccc1)N1N=C2CCCCC2C12CCCCC2. The van der Waals surface area contributed by atoms with Gasteiger partial charge in [0.2, 0.25) is 0 Å². The lowest BCUT2D eigenvalue weighted by molar-refractivity contribution is 0.0286. The summed E-state index contributed by atoms with van der Waals surface area (Å²) in [5.74, 6) is 0.624. The average Bonchev–Trinajstić information content (AvgIpc) is 2.90. The van der Waals surface area contributed by atoms with Crippen LogP contribution in [0.25, 0.3) is 0 Å². The Balaban J connectivity index is 1.72. The smallest absolute Gasteiger partial charge is 0.267 e. The van der Waals surface area contributed by atoms with Crippen LogP contribution in [-0.2, 0) is 0 Å². The normalized spacial score (nSPS) is 26.6. The van der Waals surface area contributed by atoms with Crippen molar-refractivity contribution in [2.75, 3.05) is 0 Å². The van der Waals surface area contributed by atoms with Crippen molar-refractivity contribution in [3.63, 3.8) is 0 Å². The zero-order chi connectivity index (χ0) is 15.0. The highest BCUT2D eigenvalue weighted by atomic mass is 16.2. The first kappa shape index (κ1) is 14.0. The van der Waals surface area contributed by atoms with E-state index >= 15 is 0 Å². The molecule has 2 fully saturated rings. The summed E-state index contributed by atoms with van der Waals surface area (Å²) in [6.45, 7) is 0. The van der Waals surface area contributed by atoms with Crippen molar-refractivity contribution in [2.45, 2.75) is 63.3 Å². The summed E-state index contributed by atoms with van der Waals surface area (Å²) < 4.78 is 0. The molecule has 2 saturated carbocycles. The first-order valence-corrected chi connectivity index (χ1v) is 8.78. The number of rotatable bonds is 1. The summed E-state index contributed by atoms with van der Waals surface area (Å²) in [7, 11) is 0. The fraction of sp³-hybridized carbons (Fsp3) is 0.579. The molecule has 1 amide bonds. The molecule has 0 N–H and O–H groups in total. The van der Waals surface area contributed by atoms with Crippen LogP contribution in [0.5, 0.6) is 0 Å². The van der Waals surface area contributed by atoms with Crippen LogP contribution in [-0.4, -0.2) is 22.2 Å². The van der Waals surface area contributed by atoms with Gasteiger partial charge in [0, 0.05) is 17.2 Å². The van der Waals surface area contributed by atoms with Crippen LogP contribution in [0.4, 0.5) is 0 Å². The Bertz CT molecular complexity index is 587. The van der Waals surface area contributed by atoms with E-state index in [4.69, 9.17) is 5.10 Å². The van der Waals surface area contributed by atoms with E-state index in [2.05, 4.69) is 0 Å². The maximum atomic E-state index is 13.1. The van der Waals surface area contributed by atoms with Crippen LogP contribution >= 0.6 is 0 Å². The van der Waals surface area contributed by atoms with Gasteiger partial charge >= 0.3 is 0 Å². The van der Waals surface area contributed by atoms with Crippen molar-refractivity contribution in [3.8, 4) is 0 Å².